The standard InChI is InChI=1S/C12H15F3N2O/c13-12(14,15)18-11-3-1-2-9(7-11)6-10-8-16-4-5-17-10/h1-3,7,10,16-17H,4-6,8H2. The number of piperazine rings is 1. The zero-order valence-electron chi connectivity index (χ0n) is 9.76. The summed E-state index contributed by atoms with van der Waals surface area (Å²) >= 11 is 0. The van der Waals surface area contributed by atoms with Crippen molar-refractivity contribution in [3.05, 3.63) is 29.8 Å². The Morgan fingerprint density at radius 1 is 1.28 bits per heavy atom. The van der Waals surface area contributed by atoms with Gasteiger partial charge in [-0.3, -0.25) is 0 Å². The lowest BCUT2D eigenvalue weighted by Crippen LogP contribution is -2.49. The summed E-state index contributed by atoms with van der Waals surface area (Å²) in [6, 6.07) is 6.37. The number of ether oxygens (including phenoxy) is 1. The Hall–Kier alpha value is -1.27. The molecule has 100 valence electrons. The lowest BCUT2D eigenvalue weighted by Gasteiger charge is -2.24. The van der Waals surface area contributed by atoms with Crippen LogP contribution in [-0.2, 0) is 6.42 Å². The van der Waals surface area contributed by atoms with Crippen LogP contribution in [0.25, 0.3) is 0 Å². The van der Waals surface area contributed by atoms with Crippen LogP contribution in [-0.4, -0.2) is 32.0 Å². The van der Waals surface area contributed by atoms with Gasteiger partial charge in [-0.2, -0.15) is 0 Å². The van der Waals surface area contributed by atoms with Gasteiger partial charge in [-0.25, -0.2) is 0 Å². The Bertz CT molecular complexity index is 389. The fraction of sp³-hybridized carbons (Fsp3) is 0.500. The van der Waals surface area contributed by atoms with E-state index >= 15 is 0 Å². The molecule has 1 aromatic rings. The summed E-state index contributed by atoms with van der Waals surface area (Å²) in [6.07, 6.45) is -3.95. The van der Waals surface area contributed by atoms with Gasteiger partial charge in [0.05, 0.1) is 0 Å². The van der Waals surface area contributed by atoms with Gasteiger partial charge in [0.25, 0.3) is 0 Å². The van der Waals surface area contributed by atoms with Crippen molar-refractivity contribution in [3.8, 4) is 5.75 Å². The second kappa shape index (κ2) is 5.58. The fourth-order valence-corrected chi connectivity index (χ4v) is 2.01. The van der Waals surface area contributed by atoms with Gasteiger partial charge in [0, 0.05) is 25.7 Å². The number of hydrogen-bond donors (Lipinski definition) is 2. The third kappa shape index (κ3) is 4.19. The van der Waals surface area contributed by atoms with E-state index < -0.39 is 6.36 Å². The van der Waals surface area contributed by atoms with E-state index in [1.54, 1.807) is 12.1 Å². The molecule has 1 unspecified atom stereocenters. The highest BCUT2D eigenvalue weighted by Gasteiger charge is 2.31. The number of alkyl halides is 3. The van der Waals surface area contributed by atoms with Gasteiger partial charge >= 0.3 is 6.36 Å². The Labute approximate surface area is 103 Å². The SMILES string of the molecule is FC(F)(F)Oc1cccc(CC2CNCCN2)c1. The van der Waals surface area contributed by atoms with Crippen molar-refractivity contribution in [1.82, 2.24) is 10.6 Å². The topological polar surface area (TPSA) is 33.3 Å². The maximum atomic E-state index is 12.1. The van der Waals surface area contributed by atoms with E-state index in [0.29, 0.717) is 6.42 Å². The average Bonchev–Trinajstić information content (AvgIpc) is 2.28. The van der Waals surface area contributed by atoms with E-state index in [1.807, 2.05) is 0 Å². The van der Waals surface area contributed by atoms with Crippen LogP contribution in [0.15, 0.2) is 24.3 Å². The Balaban J connectivity index is 1.98. The first-order valence-corrected chi connectivity index (χ1v) is 5.82. The molecule has 1 atom stereocenters. The molecule has 18 heavy (non-hydrogen) atoms. The van der Waals surface area contributed by atoms with Crippen LogP contribution in [0.2, 0.25) is 0 Å². The third-order valence-corrected chi connectivity index (χ3v) is 2.74. The van der Waals surface area contributed by atoms with Crippen molar-refractivity contribution in [2.24, 2.45) is 0 Å². The minimum atomic E-state index is -4.64. The molecular weight excluding hydrogens is 245 g/mol. The van der Waals surface area contributed by atoms with Gasteiger partial charge in [-0.1, -0.05) is 12.1 Å². The van der Waals surface area contributed by atoms with E-state index in [4.69, 9.17) is 0 Å². The Kier molecular flexibility index (Phi) is 4.08. The van der Waals surface area contributed by atoms with Crippen LogP contribution in [0.3, 0.4) is 0 Å². The first kappa shape index (κ1) is 13.2. The van der Waals surface area contributed by atoms with Gasteiger partial charge in [-0.15, -0.1) is 13.2 Å². The molecule has 0 saturated carbocycles. The Morgan fingerprint density at radius 3 is 2.78 bits per heavy atom. The summed E-state index contributed by atoms with van der Waals surface area (Å²) in [7, 11) is 0. The molecule has 0 aliphatic carbocycles. The number of nitrogens with one attached hydrogen (secondary N) is 2. The van der Waals surface area contributed by atoms with Crippen molar-refractivity contribution < 1.29 is 17.9 Å². The van der Waals surface area contributed by atoms with Crippen LogP contribution in [0.4, 0.5) is 13.2 Å². The lowest BCUT2D eigenvalue weighted by molar-refractivity contribution is -0.274. The molecule has 1 saturated heterocycles. The highest BCUT2D eigenvalue weighted by atomic mass is 19.4. The molecule has 2 N–H and O–H groups in total. The highest BCUT2D eigenvalue weighted by molar-refractivity contribution is 5.29. The van der Waals surface area contributed by atoms with Gasteiger partial charge < -0.3 is 15.4 Å². The predicted octanol–water partition coefficient (Wildman–Crippen LogP) is 1.69. The maximum absolute atomic E-state index is 12.1. The van der Waals surface area contributed by atoms with Gasteiger partial charge in [-0.05, 0) is 24.1 Å². The number of rotatable bonds is 3. The maximum Gasteiger partial charge on any atom is 0.573 e. The highest BCUT2D eigenvalue weighted by Crippen LogP contribution is 2.23. The minimum absolute atomic E-state index is 0.163. The molecule has 3 nitrogen and oxygen atoms in total. The Morgan fingerprint density at radius 2 is 2.11 bits per heavy atom. The minimum Gasteiger partial charge on any atom is -0.406 e. The van der Waals surface area contributed by atoms with E-state index in [9.17, 15) is 13.2 Å². The number of hydrogen-bond acceptors (Lipinski definition) is 3. The van der Waals surface area contributed by atoms with E-state index in [0.717, 1.165) is 25.2 Å². The summed E-state index contributed by atoms with van der Waals surface area (Å²) in [5, 5.41) is 6.54. The van der Waals surface area contributed by atoms with Crippen molar-refractivity contribution in [3.63, 3.8) is 0 Å². The second-order valence-corrected chi connectivity index (χ2v) is 4.25. The first-order chi connectivity index (χ1) is 8.53. The zero-order chi connectivity index (χ0) is 13.0. The lowest BCUT2D eigenvalue weighted by atomic mass is 10.0. The zero-order valence-corrected chi connectivity index (χ0v) is 9.76. The van der Waals surface area contributed by atoms with Crippen LogP contribution in [0.5, 0.6) is 5.75 Å². The van der Waals surface area contributed by atoms with Crippen LogP contribution >= 0.6 is 0 Å². The summed E-state index contributed by atoms with van der Waals surface area (Å²) in [5.41, 5.74) is 0.831. The number of benzene rings is 1. The quantitative estimate of drug-likeness (QED) is 0.867. The van der Waals surface area contributed by atoms with Crippen LogP contribution in [0.1, 0.15) is 5.56 Å². The average molecular weight is 260 g/mol. The molecule has 1 aromatic carbocycles. The van der Waals surface area contributed by atoms with Crippen molar-refractivity contribution in [2.75, 3.05) is 19.6 Å². The predicted molar refractivity (Wildman–Crippen MR) is 61.5 cm³/mol. The van der Waals surface area contributed by atoms with Crippen LogP contribution < -0.4 is 15.4 Å². The monoisotopic (exact) mass is 260 g/mol. The normalized spacial score (nSPS) is 20.7. The van der Waals surface area contributed by atoms with Crippen LogP contribution in [0, 0.1) is 0 Å². The van der Waals surface area contributed by atoms with Crippen molar-refractivity contribution in [2.45, 2.75) is 18.8 Å². The molecule has 1 fully saturated rings. The molecule has 1 aliphatic rings. The molecule has 2 rings (SSSR count). The van der Waals surface area contributed by atoms with Gasteiger partial charge in [0.2, 0.25) is 0 Å². The van der Waals surface area contributed by atoms with Crippen molar-refractivity contribution >= 4 is 0 Å². The largest absolute Gasteiger partial charge is 0.573 e. The van der Waals surface area contributed by atoms with Gasteiger partial charge in [0.1, 0.15) is 5.75 Å². The second-order valence-electron chi connectivity index (χ2n) is 4.25. The smallest absolute Gasteiger partial charge is 0.406 e. The molecule has 1 aliphatic heterocycles. The summed E-state index contributed by atoms with van der Waals surface area (Å²) in [6.45, 7) is 2.63. The molecule has 0 radical (unpaired) electrons. The van der Waals surface area contributed by atoms with E-state index in [1.165, 1.54) is 12.1 Å². The molecule has 6 heteroatoms. The summed E-state index contributed by atoms with van der Waals surface area (Å²) < 4.78 is 40.2. The van der Waals surface area contributed by atoms with Crippen molar-refractivity contribution in [1.29, 1.82) is 0 Å². The molecule has 1 heterocycles. The fourth-order valence-electron chi connectivity index (χ4n) is 2.01. The summed E-state index contributed by atoms with van der Waals surface area (Å²) in [4.78, 5) is 0. The summed E-state index contributed by atoms with van der Waals surface area (Å²) in [5.74, 6) is -0.163. The molecule has 0 spiro atoms. The van der Waals surface area contributed by atoms with E-state index in [2.05, 4.69) is 15.4 Å². The first-order valence-electron chi connectivity index (χ1n) is 5.82. The molecule has 0 amide bonds. The van der Waals surface area contributed by atoms with Gasteiger partial charge in [0.15, 0.2) is 0 Å². The molecule has 0 aromatic heterocycles. The van der Waals surface area contributed by atoms with E-state index in [-0.39, 0.29) is 11.8 Å². The molecular formula is C12H15F3N2O. The molecule has 0 bridgehead atoms. The third-order valence-electron chi connectivity index (χ3n) is 2.74. The number of halogens is 3.